The molecule has 0 atom stereocenters. The van der Waals surface area contributed by atoms with Crippen LogP contribution in [-0.4, -0.2) is 16.4 Å². The van der Waals surface area contributed by atoms with E-state index < -0.39 is 11.7 Å². The lowest BCUT2D eigenvalue weighted by Gasteiger charge is -2.25. The topological polar surface area (TPSA) is 68.0 Å². The minimum atomic E-state index is -0.744. The van der Waals surface area contributed by atoms with E-state index in [1.165, 1.54) is 12.3 Å². The van der Waals surface area contributed by atoms with Gasteiger partial charge in [0.2, 0.25) is 0 Å². The Balaban J connectivity index is 2.17. The zero-order valence-corrected chi connectivity index (χ0v) is 9.79. The summed E-state index contributed by atoms with van der Waals surface area (Å²) in [6, 6.07) is 1.35. The number of anilines is 1. The average Bonchev–Trinajstić information content (AvgIpc) is 2.68. The Morgan fingerprint density at radius 3 is 2.82 bits per heavy atom. The van der Waals surface area contributed by atoms with Crippen molar-refractivity contribution in [2.24, 2.45) is 0 Å². The van der Waals surface area contributed by atoms with Crippen LogP contribution in [0.3, 0.4) is 0 Å². The van der Waals surface area contributed by atoms with Gasteiger partial charge >= 0.3 is 0 Å². The highest BCUT2D eigenvalue weighted by Gasteiger charge is 2.31. The zero-order chi connectivity index (χ0) is 12.5. The smallest absolute Gasteiger partial charge is 0.254 e. The Morgan fingerprint density at radius 1 is 1.53 bits per heavy atom. The first-order valence-corrected chi connectivity index (χ1v) is 5.74. The van der Waals surface area contributed by atoms with Gasteiger partial charge < -0.3 is 11.1 Å². The predicted molar refractivity (Wildman–Crippen MR) is 62.9 cm³/mol. The number of halogens is 1. The molecule has 1 aliphatic carbocycles. The third-order valence-corrected chi connectivity index (χ3v) is 3.28. The van der Waals surface area contributed by atoms with Crippen molar-refractivity contribution >= 4 is 11.7 Å². The number of hydrogen-bond donors (Lipinski definition) is 2. The maximum atomic E-state index is 13.6. The third-order valence-electron chi connectivity index (χ3n) is 3.28. The first-order valence-electron chi connectivity index (χ1n) is 5.74. The van der Waals surface area contributed by atoms with Crippen LogP contribution in [0.5, 0.6) is 0 Å². The summed E-state index contributed by atoms with van der Waals surface area (Å²) in [4.78, 5) is 15.5. The molecule has 1 fully saturated rings. The fraction of sp³-hybridized carbons (Fsp3) is 0.500. The second-order valence-corrected chi connectivity index (χ2v) is 4.78. The Bertz CT molecular complexity index is 441. The number of carbonyl (C=O) groups is 1. The van der Waals surface area contributed by atoms with Crippen LogP contribution in [0, 0.1) is 5.82 Å². The summed E-state index contributed by atoms with van der Waals surface area (Å²) < 4.78 is 13.6. The second-order valence-electron chi connectivity index (χ2n) is 4.78. The molecule has 17 heavy (non-hydrogen) atoms. The van der Waals surface area contributed by atoms with Crippen molar-refractivity contribution in [3.05, 3.63) is 23.6 Å². The minimum Gasteiger partial charge on any atom is -0.381 e. The van der Waals surface area contributed by atoms with E-state index in [0.29, 0.717) is 0 Å². The van der Waals surface area contributed by atoms with Crippen molar-refractivity contribution in [1.82, 2.24) is 10.3 Å². The highest BCUT2D eigenvalue weighted by Crippen LogP contribution is 2.29. The normalized spacial score (nSPS) is 18.0. The van der Waals surface area contributed by atoms with E-state index in [4.69, 9.17) is 5.73 Å². The number of nitrogens with zero attached hydrogens (tertiary/aromatic N) is 1. The van der Waals surface area contributed by atoms with Gasteiger partial charge in [0.25, 0.3) is 5.91 Å². The van der Waals surface area contributed by atoms with E-state index in [2.05, 4.69) is 10.3 Å². The van der Waals surface area contributed by atoms with E-state index >= 15 is 0 Å². The molecule has 1 amide bonds. The van der Waals surface area contributed by atoms with Gasteiger partial charge in [-0.25, -0.2) is 9.37 Å². The third kappa shape index (κ3) is 2.38. The molecular weight excluding hydrogens is 221 g/mol. The number of hydrogen-bond acceptors (Lipinski definition) is 3. The first-order chi connectivity index (χ1) is 8.02. The van der Waals surface area contributed by atoms with Gasteiger partial charge in [-0.2, -0.15) is 0 Å². The van der Waals surface area contributed by atoms with Gasteiger partial charge in [0.15, 0.2) is 11.6 Å². The summed E-state index contributed by atoms with van der Waals surface area (Å²) in [7, 11) is 0. The number of amides is 1. The number of aromatic nitrogens is 1. The maximum Gasteiger partial charge on any atom is 0.254 e. The van der Waals surface area contributed by atoms with Gasteiger partial charge in [0.05, 0.1) is 5.56 Å². The summed E-state index contributed by atoms with van der Waals surface area (Å²) in [5.74, 6) is -1.40. The molecule has 0 saturated heterocycles. The van der Waals surface area contributed by atoms with Crippen LogP contribution in [-0.2, 0) is 0 Å². The summed E-state index contributed by atoms with van der Waals surface area (Å²) in [6.45, 7) is 1.99. The van der Waals surface area contributed by atoms with Crippen molar-refractivity contribution in [2.75, 3.05) is 5.73 Å². The molecule has 0 spiro atoms. The van der Waals surface area contributed by atoms with Crippen molar-refractivity contribution < 1.29 is 9.18 Å². The number of rotatable bonds is 2. The van der Waals surface area contributed by atoms with E-state index in [9.17, 15) is 9.18 Å². The zero-order valence-electron chi connectivity index (χ0n) is 9.79. The number of carbonyl (C=O) groups excluding carboxylic acids is 1. The maximum absolute atomic E-state index is 13.6. The van der Waals surface area contributed by atoms with E-state index in [1.54, 1.807) is 0 Å². The fourth-order valence-electron chi connectivity index (χ4n) is 2.26. The molecule has 0 radical (unpaired) electrons. The lowest BCUT2D eigenvalue weighted by Crippen LogP contribution is -2.43. The Kier molecular flexibility index (Phi) is 3.00. The number of pyridine rings is 1. The summed E-state index contributed by atoms with van der Waals surface area (Å²) >= 11 is 0. The highest BCUT2D eigenvalue weighted by atomic mass is 19.1. The van der Waals surface area contributed by atoms with Gasteiger partial charge in [-0.3, -0.25) is 4.79 Å². The van der Waals surface area contributed by atoms with E-state index in [-0.39, 0.29) is 16.9 Å². The molecule has 0 bridgehead atoms. The Morgan fingerprint density at radius 2 is 2.18 bits per heavy atom. The molecule has 0 aliphatic heterocycles. The molecule has 92 valence electrons. The standard InChI is InChI=1S/C12H16FN3O/c1-12(5-2-3-6-12)16-11(17)8-4-7-15-10(14)9(8)13/h4,7H,2-3,5-6H2,1H3,(H2,14,15)(H,16,17). The van der Waals surface area contributed by atoms with Gasteiger partial charge in [0.1, 0.15) is 0 Å². The van der Waals surface area contributed by atoms with Crippen molar-refractivity contribution in [1.29, 1.82) is 0 Å². The van der Waals surface area contributed by atoms with E-state index in [0.717, 1.165) is 25.7 Å². The molecule has 1 aromatic rings. The molecule has 1 saturated carbocycles. The van der Waals surface area contributed by atoms with Crippen LogP contribution in [0.4, 0.5) is 10.2 Å². The molecular formula is C12H16FN3O. The van der Waals surface area contributed by atoms with Crippen LogP contribution in [0.1, 0.15) is 43.0 Å². The molecule has 3 N–H and O–H groups in total. The first kappa shape index (κ1) is 11.8. The molecule has 1 heterocycles. The van der Waals surface area contributed by atoms with Crippen LogP contribution < -0.4 is 11.1 Å². The molecule has 0 aromatic carbocycles. The summed E-state index contributed by atoms with van der Waals surface area (Å²) in [5, 5.41) is 2.88. The average molecular weight is 237 g/mol. The van der Waals surface area contributed by atoms with Crippen LogP contribution in [0.2, 0.25) is 0 Å². The van der Waals surface area contributed by atoms with Crippen LogP contribution >= 0.6 is 0 Å². The Labute approximate surface area is 99.4 Å². The van der Waals surface area contributed by atoms with Crippen molar-refractivity contribution in [3.8, 4) is 0 Å². The SMILES string of the molecule is CC1(NC(=O)c2ccnc(N)c2F)CCCC1. The molecule has 5 heteroatoms. The lowest BCUT2D eigenvalue weighted by atomic mass is 10.00. The fourth-order valence-corrected chi connectivity index (χ4v) is 2.26. The predicted octanol–water partition coefficient (Wildman–Crippen LogP) is 1.87. The molecule has 0 unspecified atom stereocenters. The van der Waals surface area contributed by atoms with E-state index in [1.807, 2.05) is 6.92 Å². The van der Waals surface area contributed by atoms with Gasteiger partial charge in [-0.05, 0) is 25.8 Å². The molecule has 2 rings (SSSR count). The van der Waals surface area contributed by atoms with Crippen LogP contribution in [0.25, 0.3) is 0 Å². The molecule has 4 nitrogen and oxygen atoms in total. The number of nitrogen functional groups attached to an aromatic ring is 1. The largest absolute Gasteiger partial charge is 0.381 e. The van der Waals surface area contributed by atoms with Gasteiger partial charge in [-0.15, -0.1) is 0 Å². The van der Waals surface area contributed by atoms with Crippen molar-refractivity contribution in [2.45, 2.75) is 38.1 Å². The van der Waals surface area contributed by atoms with Gasteiger partial charge in [0, 0.05) is 11.7 Å². The highest BCUT2D eigenvalue weighted by molar-refractivity contribution is 5.95. The monoisotopic (exact) mass is 237 g/mol. The number of nitrogens with two attached hydrogens (primary N) is 1. The summed E-state index contributed by atoms with van der Waals surface area (Å²) in [5.41, 5.74) is 5.08. The quantitative estimate of drug-likeness (QED) is 0.825. The second kappa shape index (κ2) is 4.31. The van der Waals surface area contributed by atoms with Gasteiger partial charge in [-0.1, -0.05) is 12.8 Å². The lowest BCUT2D eigenvalue weighted by molar-refractivity contribution is 0.0904. The molecule has 1 aromatic heterocycles. The Hall–Kier alpha value is -1.65. The van der Waals surface area contributed by atoms with Crippen molar-refractivity contribution in [3.63, 3.8) is 0 Å². The molecule has 1 aliphatic rings. The minimum absolute atomic E-state index is 0.0365. The summed E-state index contributed by atoms with van der Waals surface area (Å²) in [6.07, 6.45) is 5.39. The van der Waals surface area contributed by atoms with Crippen LogP contribution in [0.15, 0.2) is 12.3 Å². The number of nitrogens with one attached hydrogen (secondary N) is 1.